The van der Waals surface area contributed by atoms with Crippen LogP contribution in [0, 0.1) is 11.6 Å². The summed E-state index contributed by atoms with van der Waals surface area (Å²) >= 11 is 0. The number of carbonyl (C=O) groups excluding carboxylic acids is 1. The van der Waals surface area contributed by atoms with Gasteiger partial charge in [-0.25, -0.2) is 8.78 Å². The van der Waals surface area contributed by atoms with Crippen LogP contribution in [0.25, 0.3) is 0 Å². The van der Waals surface area contributed by atoms with E-state index in [0.29, 0.717) is 5.69 Å². The van der Waals surface area contributed by atoms with Gasteiger partial charge in [-0.05, 0) is 6.07 Å². The molecule has 0 fully saturated rings. The molecule has 0 radical (unpaired) electrons. The number of amides is 1. The van der Waals surface area contributed by atoms with Gasteiger partial charge in [0, 0.05) is 30.3 Å². The van der Waals surface area contributed by atoms with Crippen molar-refractivity contribution in [2.45, 2.75) is 26.2 Å². The molecule has 1 amide bonds. The van der Waals surface area contributed by atoms with Crippen molar-refractivity contribution < 1.29 is 18.3 Å². The predicted octanol–water partition coefficient (Wildman–Crippen LogP) is 3.26. The van der Waals surface area contributed by atoms with Crippen molar-refractivity contribution >= 4 is 11.6 Å². The first kappa shape index (κ1) is 16.9. The van der Waals surface area contributed by atoms with E-state index in [9.17, 15) is 13.6 Å². The number of benzene rings is 1. The highest BCUT2D eigenvalue weighted by atomic mass is 19.1. The summed E-state index contributed by atoms with van der Waals surface area (Å²) in [4.78, 5) is 12.3. The molecule has 0 aliphatic carbocycles. The van der Waals surface area contributed by atoms with Crippen molar-refractivity contribution in [2.24, 2.45) is 7.05 Å². The van der Waals surface area contributed by atoms with Crippen molar-refractivity contribution in [1.29, 1.82) is 0 Å². The molecular formula is C16H19F2N3O2. The summed E-state index contributed by atoms with van der Waals surface area (Å²) in [6.45, 7) is 5.93. The van der Waals surface area contributed by atoms with Gasteiger partial charge in [-0.3, -0.25) is 9.48 Å². The van der Waals surface area contributed by atoms with Gasteiger partial charge >= 0.3 is 0 Å². The van der Waals surface area contributed by atoms with Gasteiger partial charge in [-0.1, -0.05) is 20.8 Å². The van der Waals surface area contributed by atoms with Gasteiger partial charge in [0.15, 0.2) is 17.4 Å². The molecular weight excluding hydrogens is 304 g/mol. The Balaban J connectivity index is 2.28. The van der Waals surface area contributed by atoms with Crippen LogP contribution in [0.1, 0.15) is 37.0 Å². The summed E-state index contributed by atoms with van der Waals surface area (Å²) < 4.78 is 33.4. The molecule has 124 valence electrons. The molecule has 0 saturated carbocycles. The number of carbonyl (C=O) groups is 1. The molecule has 1 heterocycles. The lowest BCUT2D eigenvalue weighted by Gasteiger charge is -2.13. The van der Waals surface area contributed by atoms with Crippen LogP contribution in [0.15, 0.2) is 18.2 Å². The van der Waals surface area contributed by atoms with Crippen LogP contribution in [0.5, 0.6) is 5.75 Å². The minimum Gasteiger partial charge on any atom is -0.491 e. The Morgan fingerprint density at radius 2 is 1.78 bits per heavy atom. The third kappa shape index (κ3) is 3.49. The minimum atomic E-state index is -0.886. The number of rotatable bonds is 3. The summed E-state index contributed by atoms with van der Waals surface area (Å²) in [7, 11) is 2.81. The van der Waals surface area contributed by atoms with E-state index in [1.807, 2.05) is 20.8 Å². The van der Waals surface area contributed by atoms with Crippen LogP contribution >= 0.6 is 0 Å². The zero-order chi connectivity index (χ0) is 17.4. The fourth-order valence-corrected chi connectivity index (χ4v) is 2.07. The number of nitrogens with zero attached hydrogens (tertiary/aromatic N) is 2. The van der Waals surface area contributed by atoms with E-state index in [1.54, 1.807) is 13.1 Å². The second kappa shape index (κ2) is 5.98. The first-order valence-electron chi connectivity index (χ1n) is 7.02. The molecule has 0 aliphatic rings. The zero-order valence-electron chi connectivity index (χ0n) is 13.7. The van der Waals surface area contributed by atoms with Gasteiger partial charge in [-0.2, -0.15) is 5.10 Å². The van der Waals surface area contributed by atoms with E-state index in [1.165, 1.54) is 11.8 Å². The molecule has 0 bridgehead atoms. The number of nitrogens with one attached hydrogen (secondary N) is 1. The summed E-state index contributed by atoms with van der Waals surface area (Å²) in [5.41, 5.74) is 0.836. The fraction of sp³-hybridized carbons (Fsp3) is 0.375. The van der Waals surface area contributed by atoms with Crippen LogP contribution in [0.2, 0.25) is 0 Å². The molecule has 5 nitrogen and oxygen atoms in total. The Kier molecular flexibility index (Phi) is 4.40. The van der Waals surface area contributed by atoms with E-state index in [-0.39, 0.29) is 11.1 Å². The summed E-state index contributed by atoms with van der Waals surface area (Å²) in [6.07, 6.45) is 0. The maximum absolute atomic E-state index is 13.7. The molecule has 0 atom stereocenters. The fourth-order valence-electron chi connectivity index (χ4n) is 2.07. The highest BCUT2D eigenvalue weighted by Gasteiger charge is 2.22. The molecule has 1 aromatic heterocycles. The van der Waals surface area contributed by atoms with Crippen LogP contribution in [0.3, 0.4) is 0 Å². The SMILES string of the molecule is COc1c(F)cc(NC(=O)c2cc(C(C)(C)C)nn2C)cc1F. The van der Waals surface area contributed by atoms with Crippen LogP contribution in [-0.2, 0) is 12.5 Å². The Morgan fingerprint density at radius 3 is 2.22 bits per heavy atom. The smallest absolute Gasteiger partial charge is 0.273 e. The van der Waals surface area contributed by atoms with E-state index >= 15 is 0 Å². The molecule has 0 unspecified atom stereocenters. The van der Waals surface area contributed by atoms with E-state index in [2.05, 4.69) is 15.2 Å². The van der Waals surface area contributed by atoms with Crippen LogP contribution in [-0.4, -0.2) is 22.8 Å². The number of halogens is 2. The molecule has 7 heteroatoms. The number of anilines is 1. The van der Waals surface area contributed by atoms with Crippen LogP contribution < -0.4 is 10.1 Å². The second-order valence-corrected chi connectivity index (χ2v) is 6.22. The lowest BCUT2D eigenvalue weighted by atomic mass is 9.92. The average Bonchev–Trinajstić information content (AvgIpc) is 2.80. The zero-order valence-corrected chi connectivity index (χ0v) is 13.7. The van der Waals surface area contributed by atoms with E-state index < -0.39 is 23.3 Å². The third-order valence-electron chi connectivity index (χ3n) is 3.34. The van der Waals surface area contributed by atoms with E-state index in [0.717, 1.165) is 17.8 Å². The molecule has 0 saturated heterocycles. The second-order valence-electron chi connectivity index (χ2n) is 6.22. The normalized spacial score (nSPS) is 11.4. The number of methoxy groups -OCH3 is 1. The summed E-state index contributed by atoms with van der Waals surface area (Å²) in [5, 5.41) is 6.76. The molecule has 2 aromatic rings. The summed E-state index contributed by atoms with van der Waals surface area (Å²) in [6, 6.07) is 3.66. The van der Waals surface area contributed by atoms with Crippen molar-refractivity contribution in [2.75, 3.05) is 12.4 Å². The maximum atomic E-state index is 13.7. The molecule has 23 heavy (non-hydrogen) atoms. The third-order valence-corrected chi connectivity index (χ3v) is 3.34. The first-order valence-corrected chi connectivity index (χ1v) is 7.02. The average molecular weight is 323 g/mol. The lowest BCUT2D eigenvalue weighted by Crippen LogP contribution is -2.16. The Hall–Kier alpha value is -2.44. The standard InChI is InChI=1S/C16H19F2N3O2/c1-16(2,3)13-8-12(21(4)20-13)15(22)19-9-6-10(17)14(23-5)11(18)7-9/h6-8H,1-5H3,(H,19,22). The van der Waals surface area contributed by atoms with Gasteiger partial charge in [0.1, 0.15) is 5.69 Å². The van der Waals surface area contributed by atoms with Crippen molar-refractivity contribution in [1.82, 2.24) is 9.78 Å². The quantitative estimate of drug-likeness (QED) is 0.943. The Bertz CT molecular complexity index is 725. The summed E-state index contributed by atoms with van der Waals surface area (Å²) in [5.74, 6) is -2.76. The lowest BCUT2D eigenvalue weighted by molar-refractivity contribution is 0.101. The first-order chi connectivity index (χ1) is 10.6. The van der Waals surface area contributed by atoms with Crippen LogP contribution in [0.4, 0.5) is 14.5 Å². The number of aromatic nitrogens is 2. The number of ether oxygens (including phenoxy) is 1. The van der Waals surface area contributed by atoms with Gasteiger partial charge in [0.2, 0.25) is 0 Å². The molecule has 0 aliphatic heterocycles. The monoisotopic (exact) mass is 323 g/mol. The predicted molar refractivity (Wildman–Crippen MR) is 82.8 cm³/mol. The van der Waals surface area contributed by atoms with E-state index in [4.69, 9.17) is 0 Å². The van der Waals surface area contributed by atoms with Crippen molar-refractivity contribution in [3.63, 3.8) is 0 Å². The largest absolute Gasteiger partial charge is 0.491 e. The van der Waals surface area contributed by atoms with Crippen molar-refractivity contribution in [3.8, 4) is 5.75 Å². The van der Waals surface area contributed by atoms with Gasteiger partial charge in [0.05, 0.1) is 12.8 Å². The number of aryl methyl sites for hydroxylation is 1. The highest BCUT2D eigenvalue weighted by molar-refractivity contribution is 6.03. The molecule has 0 spiro atoms. The molecule has 2 rings (SSSR count). The minimum absolute atomic E-state index is 0.00399. The topological polar surface area (TPSA) is 56.1 Å². The van der Waals surface area contributed by atoms with Crippen molar-refractivity contribution in [3.05, 3.63) is 41.2 Å². The number of hydrogen-bond donors (Lipinski definition) is 1. The number of hydrogen-bond acceptors (Lipinski definition) is 3. The highest BCUT2D eigenvalue weighted by Crippen LogP contribution is 2.26. The Morgan fingerprint density at radius 1 is 1.22 bits per heavy atom. The van der Waals surface area contributed by atoms with Gasteiger partial charge in [0.25, 0.3) is 5.91 Å². The molecule has 1 aromatic carbocycles. The Labute approximate surface area is 133 Å². The maximum Gasteiger partial charge on any atom is 0.273 e. The van der Waals surface area contributed by atoms with Gasteiger partial charge in [-0.15, -0.1) is 0 Å². The molecule has 1 N–H and O–H groups in total. The van der Waals surface area contributed by atoms with Gasteiger partial charge < -0.3 is 10.1 Å².